The van der Waals surface area contributed by atoms with Crippen molar-refractivity contribution in [2.75, 3.05) is 6.61 Å². The second kappa shape index (κ2) is 8.88. The van der Waals surface area contributed by atoms with Gasteiger partial charge in [-0.05, 0) is 43.7 Å². The summed E-state index contributed by atoms with van der Waals surface area (Å²) in [5.41, 5.74) is 2.68. The highest BCUT2D eigenvalue weighted by molar-refractivity contribution is 6.15. The maximum Gasteiger partial charge on any atom is 0.315 e. The van der Waals surface area contributed by atoms with Gasteiger partial charge >= 0.3 is 5.97 Å². The van der Waals surface area contributed by atoms with Crippen molar-refractivity contribution in [2.45, 2.75) is 20.3 Å². The van der Waals surface area contributed by atoms with Crippen LogP contribution in [0.15, 0.2) is 72.5 Å². The lowest BCUT2D eigenvalue weighted by Gasteiger charge is -2.10. The van der Waals surface area contributed by atoms with Crippen LogP contribution in [-0.4, -0.2) is 18.4 Å². The molecule has 1 aliphatic rings. The van der Waals surface area contributed by atoms with Crippen molar-refractivity contribution in [3.63, 3.8) is 0 Å². The fraction of sp³-hybridized carbons (Fsp3) is 0.154. The first-order valence-electron chi connectivity index (χ1n) is 10.1. The summed E-state index contributed by atoms with van der Waals surface area (Å²) >= 11 is 0. The average Bonchev–Trinajstić information content (AvgIpc) is 3.08. The van der Waals surface area contributed by atoms with Gasteiger partial charge in [0.05, 0.1) is 18.6 Å². The summed E-state index contributed by atoms with van der Waals surface area (Å²) in [7, 11) is 0. The summed E-state index contributed by atoms with van der Waals surface area (Å²) in [5, 5.41) is 0. The van der Waals surface area contributed by atoms with E-state index in [9.17, 15) is 9.59 Å². The predicted molar refractivity (Wildman–Crippen MR) is 118 cm³/mol. The Morgan fingerprint density at radius 3 is 2.48 bits per heavy atom. The van der Waals surface area contributed by atoms with E-state index in [1.807, 2.05) is 61.5 Å². The van der Waals surface area contributed by atoms with E-state index in [1.165, 1.54) is 0 Å². The average molecular weight is 414 g/mol. The van der Waals surface area contributed by atoms with Gasteiger partial charge in [0.2, 0.25) is 5.78 Å². The van der Waals surface area contributed by atoms with Crippen LogP contribution in [0.2, 0.25) is 0 Å². The van der Waals surface area contributed by atoms with Crippen molar-refractivity contribution in [2.24, 2.45) is 0 Å². The number of carbonyl (C=O) groups excluding carboxylic acids is 2. The summed E-state index contributed by atoms with van der Waals surface area (Å²) in [6.07, 6.45) is 1.84. The summed E-state index contributed by atoms with van der Waals surface area (Å²) in [6.45, 7) is 4.20. The Morgan fingerprint density at radius 2 is 1.71 bits per heavy atom. The number of esters is 1. The Labute approximate surface area is 180 Å². The van der Waals surface area contributed by atoms with E-state index >= 15 is 0 Å². The molecule has 0 unspecified atom stereocenters. The first kappa shape index (κ1) is 20.4. The van der Waals surface area contributed by atoms with E-state index < -0.39 is 0 Å². The monoisotopic (exact) mass is 414 g/mol. The maximum atomic E-state index is 12.9. The SMILES string of the molecule is CCOc1ccccc1/C=C1\Oc2c(ccc(OC(=O)Cc3ccccc3)c2C)C1=O. The van der Waals surface area contributed by atoms with Gasteiger partial charge < -0.3 is 14.2 Å². The molecule has 0 radical (unpaired) electrons. The molecule has 0 aromatic heterocycles. The number of allylic oxidation sites excluding steroid dienone is 1. The lowest BCUT2D eigenvalue weighted by molar-refractivity contribution is -0.133. The lowest BCUT2D eigenvalue weighted by Crippen LogP contribution is -2.12. The number of ether oxygens (including phenoxy) is 3. The Kier molecular flexibility index (Phi) is 5.85. The molecule has 31 heavy (non-hydrogen) atoms. The Bertz CT molecular complexity index is 1160. The third-order valence-corrected chi connectivity index (χ3v) is 4.96. The first-order chi connectivity index (χ1) is 15.1. The molecule has 0 bridgehead atoms. The van der Waals surface area contributed by atoms with E-state index in [4.69, 9.17) is 14.2 Å². The van der Waals surface area contributed by atoms with Crippen LogP contribution < -0.4 is 14.2 Å². The number of ketones is 1. The van der Waals surface area contributed by atoms with Crippen LogP contribution in [0.3, 0.4) is 0 Å². The van der Waals surface area contributed by atoms with E-state index in [2.05, 4.69) is 0 Å². The molecule has 156 valence electrons. The van der Waals surface area contributed by atoms with Crippen molar-refractivity contribution in [3.8, 4) is 17.2 Å². The minimum Gasteiger partial charge on any atom is -0.493 e. The van der Waals surface area contributed by atoms with Gasteiger partial charge in [-0.1, -0.05) is 48.5 Å². The molecular formula is C26H22O5. The summed E-state index contributed by atoms with van der Waals surface area (Å²) in [6, 6.07) is 20.1. The van der Waals surface area contributed by atoms with Crippen LogP contribution in [0.5, 0.6) is 17.2 Å². The zero-order chi connectivity index (χ0) is 21.8. The van der Waals surface area contributed by atoms with Gasteiger partial charge in [0, 0.05) is 11.1 Å². The number of para-hydroxylation sites is 1. The third kappa shape index (κ3) is 4.36. The van der Waals surface area contributed by atoms with Gasteiger partial charge in [0.1, 0.15) is 17.2 Å². The summed E-state index contributed by atoms with van der Waals surface area (Å²) in [5.74, 6) is 1.08. The highest BCUT2D eigenvalue weighted by Gasteiger charge is 2.30. The normalized spacial score (nSPS) is 13.6. The largest absolute Gasteiger partial charge is 0.493 e. The van der Waals surface area contributed by atoms with Crippen LogP contribution in [-0.2, 0) is 11.2 Å². The molecule has 4 rings (SSSR count). The minimum atomic E-state index is -0.375. The second-order valence-corrected chi connectivity index (χ2v) is 7.11. The number of Topliss-reactive ketones (excluding diaryl/α,β-unsaturated/α-hetero) is 1. The first-order valence-corrected chi connectivity index (χ1v) is 10.1. The van der Waals surface area contributed by atoms with Gasteiger partial charge in [-0.15, -0.1) is 0 Å². The third-order valence-electron chi connectivity index (χ3n) is 4.96. The van der Waals surface area contributed by atoms with Crippen LogP contribution >= 0.6 is 0 Å². The van der Waals surface area contributed by atoms with Crippen molar-refractivity contribution in [1.29, 1.82) is 0 Å². The van der Waals surface area contributed by atoms with Crippen molar-refractivity contribution >= 4 is 17.8 Å². The van der Waals surface area contributed by atoms with Crippen LogP contribution in [0.1, 0.15) is 34.0 Å². The Hall–Kier alpha value is -3.86. The Balaban J connectivity index is 1.56. The maximum absolute atomic E-state index is 12.9. The molecule has 0 atom stereocenters. The Morgan fingerprint density at radius 1 is 0.968 bits per heavy atom. The fourth-order valence-corrected chi connectivity index (χ4v) is 3.43. The molecule has 0 fully saturated rings. The van der Waals surface area contributed by atoms with E-state index in [1.54, 1.807) is 25.1 Å². The lowest BCUT2D eigenvalue weighted by atomic mass is 10.1. The molecule has 0 saturated heterocycles. The minimum absolute atomic E-state index is 0.163. The molecule has 1 aliphatic heterocycles. The number of hydrogen-bond donors (Lipinski definition) is 0. The number of hydrogen-bond acceptors (Lipinski definition) is 5. The van der Waals surface area contributed by atoms with Crippen molar-refractivity contribution in [1.82, 2.24) is 0 Å². The number of fused-ring (bicyclic) bond motifs is 1. The number of rotatable bonds is 6. The zero-order valence-electron chi connectivity index (χ0n) is 17.4. The second-order valence-electron chi connectivity index (χ2n) is 7.11. The van der Waals surface area contributed by atoms with Crippen LogP contribution in [0.4, 0.5) is 0 Å². The van der Waals surface area contributed by atoms with Gasteiger partial charge in [-0.2, -0.15) is 0 Å². The van der Waals surface area contributed by atoms with E-state index in [-0.39, 0.29) is 23.9 Å². The molecule has 0 aliphatic carbocycles. The zero-order valence-corrected chi connectivity index (χ0v) is 17.4. The molecular weight excluding hydrogens is 392 g/mol. The topological polar surface area (TPSA) is 61.8 Å². The quantitative estimate of drug-likeness (QED) is 0.317. The van der Waals surface area contributed by atoms with Gasteiger partial charge in [0.15, 0.2) is 5.76 Å². The predicted octanol–water partition coefficient (Wildman–Crippen LogP) is 5.16. The standard InChI is InChI=1S/C26H22O5/c1-3-29-22-12-8-7-11-19(22)16-23-25(28)20-13-14-21(17(2)26(20)31-23)30-24(27)15-18-9-5-4-6-10-18/h4-14,16H,3,15H2,1-2H3/b23-16-. The van der Waals surface area contributed by atoms with Crippen LogP contribution in [0, 0.1) is 6.92 Å². The van der Waals surface area contributed by atoms with E-state index in [0.717, 1.165) is 11.1 Å². The summed E-state index contributed by atoms with van der Waals surface area (Å²) in [4.78, 5) is 25.2. The highest BCUT2D eigenvalue weighted by Crippen LogP contribution is 2.39. The van der Waals surface area contributed by atoms with E-state index in [0.29, 0.717) is 35.0 Å². The van der Waals surface area contributed by atoms with Gasteiger partial charge in [-0.25, -0.2) is 0 Å². The molecule has 0 N–H and O–H groups in total. The molecule has 5 nitrogen and oxygen atoms in total. The molecule has 0 spiro atoms. The summed E-state index contributed by atoms with van der Waals surface area (Å²) < 4.78 is 17.1. The van der Waals surface area contributed by atoms with Crippen LogP contribution in [0.25, 0.3) is 6.08 Å². The molecule has 3 aromatic rings. The van der Waals surface area contributed by atoms with Gasteiger partial charge in [-0.3, -0.25) is 9.59 Å². The molecule has 3 aromatic carbocycles. The smallest absolute Gasteiger partial charge is 0.315 e. The number of carbonyl (C=O) groups is 2. The molecule has 5 heteroatoms. The number of benzene rings is 3. The highest BCUT2D eigenvalue weighted by atomic mass is 16.5. The van der Waals surface area contributed by atoms with Crippen molar-refractivity contribution < 1.29 is 23.8 Å². The fourth-order valence-electron chi connectivity index (χ4n) is 3.43. The molecule has 1 heterocycles. The molecule has 0 amide bonds. The van der Waals surface area contributed by atoms with Gasteiger partial charge in [0.25, 0.3) is 0 Å². The van der Waals surface area contributed by atoms with Crippen molar-refractivity contribution in [3.05, 3.63) is 94.7 Å². The molecule has 0 saturated carbocycles.